The van der Waals surface area contributed by atoms with Gasteiger partial charge in [-0.2, -0.15) is 8.42 Å². The Morgan fingerprint density at radius 3 is 2.76 bits per heavy atom. The van der Waals surface area contributed by atoms with E-state index in [2.05, 4.69) is 10.2 Å². The summed E-state index contributed by atoms with van der Waals surface area (Å²) in [5.41, 5.74) is 0.721. The van der Waals surface area contributed by atoms with E-state index in [9.17, 15) is 8.42 Å². The van der Waals surface area contributed by atoms with Crippen LogP contribution >= 0.6 is 22.9 Å². The standard InChI is InChI=1S/C8H6ClN3O3S2/c9-6-3-1-2-5(4-6)7-10-11-8(16-7)12-17(13,14)15/h1-4H,(H,11,12)(H,13,14,15). The molecule has 1 heterocycles. The zero-order chi connectivity index (χ0) is 12.5. The SMILES string of the molecule is O=S(=O)(O)Nc1nnc(-c2cccc(Cl)c2)s1. The third-order valence-electron chi connectivity index (χ3n) is 1.71. The van der Waals surface area contributed by atoms with Crippen LogP contribution in [-0.2, 0) is 10.3 Å². The van der Waals surface area contributed by atoms with Crippen LogP contribution < -0.4 is 4.72 Å². The molecule has 0 aliphatic heterocycles. The predicted molar refractivity (Wildman–Crippen MR) is 65.5 cm³/mol. The van der Waals surface area contributed by atoms with Gasteiger partial charge < -0.3 is 0 Å². The lowest BCUT2D eigenvalue weighted by atomic mass is 10.2. The number of nitrogens with one attached hydrogen (secondary N) is 1. The normalized spacial score (nSPS) is 11.4. The summed E-state index contributed by atoms with van der Waals surface area (Å²) in [4.78, 5) is 0. The summed E-state index contributed by atoms with van der Waals surface area (Å²) < 4.78 is 31.5. The van der Waals surface area contributed by atoms with Crippen molar-refractivity contribution in [2.75, 3.05) is 4.72 Å². The van der Waals surface area contributed by atoms with Crippen molar-refractivity contribution in [3.05, 3.63) is 29.3 Å². The van der Waals surface area contributed by atoms with Crippen LogP contribution in [0.3, 0.4) is 0 Å². The lowest BCUT2D eigenvalue weighted by Crippen LogP contribution is -2.09. The fourth-order valence-corrected chi connectivity index (χ4v) is 2.64. The van der Waals surface area contributed by atoms with Crippen molar-refractivity contribution in [1.82, 2.24) is 10.2 Å². The maximum atomic E-state index is 10.6. The Labute approximate surface area is 106 Å². The van der Waals surface area contributed by atoms with Gasteiger partial charge in [-0.05, 0) is 12.1 Å². The maximum Gasteiger partial charge on any atom is 0.359 e. The zero-order valence-corrected chi connectivity index (χ0v) is 10.6. The van der Waals surface area contributed by atoms with Gasteiger partial charge in [0.25, 0.3) is 0 Å². The molecule has 0 unspecified atom stereocenters. The Kier molecular flexibility index (Phi) is 3.29. The molecule has 90 valence electrons. The molecule has 0 saturated heterocycles. The number of rotatable bonds is 3. The minimum atomic E-state index is -4.32. The van der Waals surface area contributed by atoms with Gasteiger partial charge in [-0.1, -0.05) is 35.1 Å². The molecule has 0 aliphatic carbocycles. The quantitative estimate of drug-likeness (QED) is 0.845. The van der Waals surface area contributed by atoms with Gasteiger partial charge in [0.05, 0.1) is 0 Å². The lowest BCUT2D eigenvalue weighted by molar-refractivity contribution is 0.489. The molecular weight excluding hydrogens is 286 g/mol. The average Bonchev–Trinajstić information content (AvgIpc) is 2.63. The molecule has 0 spiro atoms. The number of nitrogens with zero attached hydrogens (tertiary/aromatic N) is 2. The highest BCUT2D eigenvalue weighted by atomic mass is 35.5. The predicted octanol–water partition coefficient (Wildman–Crippen LogP) is 2.07. The molecule has 6 nitrogen and oxygen atoms in total. The molecule has 0 saturated carbocycles. The third-order valence-corrected chi connectivity index (χ3v) is 3.42. The first-order valence-corrected chi connectivity index (χ1v) is 6.92. The molecule has 0 bridgehead atoms. The van der Waals surface area contributed by atoms with E-state index >= 15 is 0 Å². The van der Waals surface area contributed by atoms with Crippen molar-refractivity contribution in [3.63, 3.8) is 0 Å². The van der Waals surface area contributed by atoms with Crippen LogP contribution in [0.5, 0.6) is 0 Å². The highest BCUT2D eigenvalue weighted by molar-refractivity contribution is 7.87. The number of halogens is 1. The van der Waals surface area contributed by atoms with Crippen molar-refractivity contribution >= 4 is 38.4 Å². The number of anilines is 1. The second kappa shape index (κ2) is 4.57. The number of hydrogen-bond donors (Lipinski definition) is 2. The van der Waals surface area contributed by atoms with Gasteiger partial charge >= 0.3 is 10.3 Å². The van der Waals surface area contributed by atoms with Crippen LogP contribution in [0.1, 0.15) is 0 Å². The molecule has 1 aromatic carbocycles. The lowest BCUT2D eigenvalue weighted by Gasteiger charge is -1.95. The fourth-order valence-electron chi connectivity index (χ4n) is 1.11. The molecule has 9 heteroatoms. The molecule has 2 aromatic rings. The Morgan fingerprint density at radius 1 is 1.35 bits per heavy atom. The molecule has 0 radical (unpaired) electrons. The van der Waals surface area contributed by atoms with E-state index in [0.29, 0.717) is 10.0 Å². The van der Waals surface area contributed by atoms with Gasteiger partial charge in [-0.25, -0.2) is 4.72 Å². The third kappa shape index (κ3) is 3.37. The van der Waals surface area contributed by atoms with Gasteiger partial charge in [-0.15, -0.1) is 10.2 Å². The molecule has 1 aromatic heterocycles. The van der Waals surface area contributed by atoms with E-state index in [4.69, 9.17) is 16.2 Å². The van der Waals surface area contributed by atoms with E-state index in [0.717, 1.165) is 16.9 Å². The zero-order valence-electron chi connectivity index (χ0n) is 8.16. The molecule has 0 aliphatic rings. The van der Waals surface area contributed by atoms with E-state index in [1.54, 1.807) is 24.3 Å². The molecule has 17 heavy (non-hydrogen) atoms. The summed E-state index contributed by atoms with van der Waals surface area (Å²) in [6.07, 6.45) is 0. The minimum absolute atomic E-state index is 0.0116. The fraction of sp³-hybridized carbons (Fsp3) is 0. The topological polar surface area (TPSA) is 92.2 Å². The number of benzene rings is 1. The number of aromatic nitrogens is 2. The Balaban J connectivity index is 2.30. The van der Waals surface area contributed by atoms with Gasteiger partial charge in [-0.3, -0.25) is 4.55 Å². The van der Waals surface area contributed by atoms with E-state index in [-0.39, 0.29) is 5.13 Å². The van der Waals surface area contributed by atoms with Gasteiger partial charge in [0.15, 0.2) is 0 Å². The van der Waals surface area contributed by atoms with Crippen LogP contribution in [-0.4, -0.2) is 23.2 Å². The molecule has 0 fully saturated rings. The summed E-state index contributed by atoms with van der Waals surface area (Å²) >= 11 is 6.80. The Bertz CT molecular complexity index is 641. The maximum absolute atomic E-state index is 10.6. The summed E-state index contributed by atoms with van der Waals surface area (Å²) in [7, 11) is -4.32. The molecule has 2 N–H and O–H groups in total. The van der Waals surface area contributed by atoms with E-state index in [1.807, 2.05) is 4.72 Å². The van der Waals surface area contributed by atoms with Crippen molar-refractivity contribution in [2.45, 2.75) is 0 Å². The first kappa shape index (κ1) is 12.2. The van der Waals surface area contributed by atoms with Crippen LogP contribution in [0.15, 0.2) is 24.3 Å². The van der Waals surface area contributed by atoms with Crippen LogP contribution in [0.25, 0.3) is 10.6 Å². The van der Waals surface area contributed by atoms with Crippen LogP contribution in [0, 0.1) is 0 Å². The van der Waals surface area contributed by atoms with Gasteiger partial charge in [0, 0.05) is 10.6 Å². The van der Waals surface area contributed by atoms with Crippen LogP contribution in [0.4, 0.5) is 5.13 Å². The summed E-state index contributed by atoms with van der Waals surface area (Å²) in [5, 5.41) is 8.40. The summed E-state index contributed by atoms with van der Waals surface area (Å²) in [6.45, 7) is 0. The minimum Gasteiger partial charge on any atom is -0.269 e. The molecule has 0 atom stereocenters. The largest absolute Gasteiger partial charge is 0.359 e. The van der Waals surface area contributed by atoms with E-state index < -0.39 is 10.3 Å². The first-order chi connectivity index (χ1) is 7.94. The Morgan fingerprint density at radius 2 is 2.12 bits per heavy atom. The second-order valence-electron chi connectivity index (χ2n) is 3.00. The van der Waals surface area contributed by atoms with E-state index in [1.165, 1.54) is 0 Å². The Hall–Kier alpha value is -1.22. The first-order valence-electron chi connectivity index (χ1n) is 4.29. The summed E-state index contributed by atoms with van der Waals surface area (Å²) in [6, 6.07) is 6.90. The van der Waals surface area contributed by atoms with Gasteiger partial charge in [0.1, 0.15) is 5.01 Å². The molecule has 0 amide bonds. The monoisotopic (exact) mass is 291 g/mol. The van der Waals surface area contributed by atoms with Crippen LogP contribution in [0.2, 0.25) is 5.02 Å². The smallest absolute Gasteiger partial charge is 0.269 e. The van der Waals surface area contributed by atoms with Crippen molar-refractivity contribution in [2.24, 2.45) is 0 Å². The summed E-state index contributed by atoms with van der Waals surface area (Å²) in [5.74, 6) is 0. The molecule has 2 rings (SSSR count). The average molecular weight is 292 g/mol. The van der Waals surface area contributed by atoms with Gasteiger partial charge in [0.2, 0.25) is 5.13 Å². The highest BCUT2D eigenvalue weighted by Crippen LogP contribution is 2.28. The van der Waals surface area contributed by atoms with Crippen molar-refractivity contribution in [1.29, 1.82) is 0 Å². The van der Waals surface area contributed by atoms with Crippen molar-refractivity contribution in [3.8, 4) is 10.6 Å². The molecular formula is C8H6ClN3O3S2. The highest BCUT2D eigenvalue weighted by Gasteiger charge is 2.11. The van der Waals surface area contributed by atoms with Crippen molar-refractivity contribution < 1.29 is 13.0 Å². The number of hydrogen-bond acceptors (Lipinski definition) is 5. The second-order valence-corrected chi connectivity index (χ2v) is 5.57.